The van der Waals surface area contributed by atoms with Crippen molar-refractivity contribution in [3.8, 4) is 0 Å². The molecule has 2 amide bonds. The number of fused-ring (bicyclic) bond motifs is 2. The number of halogens is 2. The number of carboxylic acids is 1. The normalized spacial score (nSPS) is 15.8. The highest BCUT2D eigenvalue weighted by Crippen LogP contribution is 2.51. The lowest BCUT2D eigenvalue weighted by Crippen LogP contribution is -2.41. The van der Waals surface area contributed by atoms with Crippen molar-refractivity contribution in [1.29, 1.82) is 0 Å². The van der Waals surface area contributed by atoms with Gasteiger partial charge in [-0.1, -0.05) is 23.7 Å². The van der Waals surface area contributed by atoms with Crippen LogP contribution in [0, 0.1) is 5.82 Å². The molecule has 1 aliphatic carbocycles. The standard InChI is InChI=1S/C27H23ClFN5O4/c1-32(27(6-7-27)16-4-2-15(3-5-16)26(37)38)24(35)19-13-30-34-9-8-33(14-23(19)34)25(36)22-12-18-20(28)10-17(29)11-21(18)31-22/h2-5,10-13,31H,6-9,14H2,1H3,(H,37,38). The molecule has 38 heavy (non-hydrogen) atoms. The van der Waals surface area contributed by atoms with Crippen LogP contribution < -0.4 is 0 Å². The zero-order valence-corrected chi connectivity index (χ0v) is 21.1. The van der Waals surface area contributed by atoms with Gasteiger partial charge in [0, 0.05) is 19.0 Å². The number of benzene rings is 2. The number of aromatic nitrogens is 3. The van der Waals surface area contributed by atoms with Crippen molar-refractivity contribution in [2.24, 2.45) is 0 Å². The van der Waals surface area contributed by atoms with Crippen LogP contribution in [0.4, 0.5) is 4.39 Å². The summed E-state index contributed by atoms with van der Waals surface area (Å²) in [5.41, 5.74) is 2.34. The number of carboxylic acid groups (broad SMARTS) is 1. The molecule has 0 unspecified atom stereocenters. The Labute approximate surface area is 221 Å². The van der Waals surface area contributed by atoms with Crippen LogP contribution in [-0.4, -0.2) is 61.0 Å². The van der Waals surface area contributed by atoms with Gasteiger partial charge in [0.15, 0.2) is 0 Å². The predicted octanol–water partition coefficient (Wildman–Crippen LogP) is 4.27. The minimum Gasteiger partial charge on any atom is -0.478 e. The number of aromatic carboxylic acids is 1. The van der Waals surface area contributed by atoms with E-state index in [1.54, 1.807) is 51.9 Å². The molecule has 11 heteroatoms. The van der Waals surface area contributed by atoms with Gasteiger partial charge in [0.05, 0.1) is 52.2 Å². The third kappa shape index (κ3) is 3.83. The Hall–Kier alpha value is -4.18. The molecule has 2 N–H and O–H groups in total. The lowest BCUT2D eigenvalue weighted by molar-refractivity contribution is 0.0669. The monoisotopic (exact) mass is 535 g/mol. The SMILES string of the molecule is CN(C(=O)c1cnn2c1CN(C(=O)c1cc3c(Cl)cc(F)cc3[nH]1)CC2)C1(c2ccc(C(=O)O)cc2)CC1. The molecule has 6 rings (SSSR count). The van der Waals surface area contributed by atoms with Crippen LogP contribution in [-0.2, 0) is 18.6 Å². The number of carbonyl (C=O) groups is 3. The van der Waals surface area contributed by atoms with Crippen molar-refractivity contribution < 1.29 is 23.9 Å². The molecule has 4 aromatic rings. The molecule has 1 saturated carbocycles. The topological polar surface area (TPSA) is 112 Å². The van der Waals surface area contributed by atoms with Crippen molar-refractivity contribution >= 4 is 40.3 Å². The van der Waals surface area contributed by atoms with E-state index >= 15 is 0 Å². The van der Waals surface area contributed by atoms with Crippen LogP contribution in [0.3, 0.4) is 0 Å². The Kier molecular flexibility index (Phi) is 5.53. The third-order valence-electron chi connectivity index (χ3n) is 7.61. The van der Waals surface area contributed by atoms with Gasteiger partial charge in [-0.3, -0.25) is 14.3 Å². The second kappa shape index (κ2) is 8.70. The number of hydrogen-bond acceptors (Lipinski definition) is 4. The van der Waals surface area contributed by atoms with Crippen LogP contribution in [0.2, 0.25) is 5.02 Å². The fourth-order valence-corrected chi connectivity index (χ4v) is 5.54. The molecular weight excluding hydrogens is 513 g/mol. The highest BCUT2D eigenvalue weighted by molar-refractivity contribution is 6.35. The van der Waals surface area contributed by atoms with E-state index in [2.05, 4.69) is 10.1 Å². The average molecular weight is 536 g/mol. The van der Waals surface area contributed by atoms with E-state index in [1.807, 2.05) is 0 Å². The number of rotatable bonds is 5. The minimum absolute atomic E-state index is 0.186. The van der Waals surface area contributed by atoms with Crippen molar-refractivity contribution in [2.75, 3.05) is 13.6 Å². The zero-order valence-electron chi connectivity index (χ0n) is 20.4. The largest absolute Gasteiger partial charge is 0.478 e. The third-order valence-corrected chi connectivity index (χ3v) is 7.92. The Morgan fingerprint density at radius 1 is 1.13 bits per heavy atom. The number of nitrogens with one attached hydrogen (secondary N) is 1. The fourth-order valence-electron chi connectivity index (χ4n) is 5.28. The molecule has 9 nitrogen and oxygen atoms in total. The van der Waals surface area contributed by atoms with Crippen LogP contribution >= 0.6 is 11.6 Å². The molecule has 0 bridgehead atoms. The van der Waals surface area contributed by atoms with Gasteiger partial charge in [0.1, 0.15) is 11.5 Å². The van der Waals surface area contributed by atoms with Crippen molar-refractivity contribution in [3.63, 3.8) is 0 Å². The maximum atomic E-state index is 13.8. The maximum absolute atomic E-state index is 13.8. The van der Waals surface area contributed by atoms with E-state index in [1.165, 1.54) is 18.3 Å². The first-order valence-corrected chi connectivity index (χ1v) is 12.5. The van der Waals surface area contributed by atoms with Gasteiger partial charge >= 0.3 is 5.97 Å². The number of aromatic amines is 1. The summed E-state index contributed by atoms with van der Waals surface area (Å²) < 4.78 is 15.5. The Balaban J connectivity index is 1.24. The van der Waals surface area contributed by atoms with E-state index in [0.29, 0.717) is 35.2 Å². The van der Waals surface area contributed by atoms with Crippen LogP contribution in [0.5, 0.6) is 0 Å². The van der Waals surface area contributed by atoms with E-state index in [-0.39, 0.29) is 34.6 Å². The van der Waals surface area contributed by atoms with E-state index in [0.717, 1.165) is 18.4 Å². The second-order valence-corrected chi connectivity index (χ2v) is 10.2. The van der Waals surface area contributed by atoms with Crippen LogP contribution in [0.25, 0.3) is 10.9 Å². The lowest BCUT2D eigenvalue weighted by atomic mass is 10.0. The van der Waals surface area contributed by atoms with Gasteiger partial charge in [-0.05, 0) is 48.7 Å². The number of amides is 2. The van der Waals surface area contributed by atoms with Gasteiger partial charge in [-0.2, -0.15) is 5.10 Å². The average Bonchev–Trinajstić information content (AvgIpc) is 3.42. The van der Waals surface area contributed by atoms with E-state index < -0.39 is 17.3 Å². The molecule has 2 aromatic carbocycles. The second-order valence-electron chi connectivity index (χ2n) is 9.76. The molecule has 2 aliphatic rings. The molecular formula is C27H23ClFN5O4. The van der Waals surface area contributed by atoms with Gasteiger partial charge in [0.2, 0.25) is 0 Å². The summed E-state index contributed by atoms with van der Waals surface area (Å²) in [6.07, 6.45) is 3.07. The highest BCUT2D eigenvalue weighted by atomic mass is 35.5. The fraction of sp³-hybridized carbons (Fsp3) is 0.259. The number of hydrogen-bond donors (Lipinski definition) is 2. The van der Waals surface area contributed by atoms with Crippen LogP contribution in [0.1, 0.15) is 55.3 Å². The molecule has 1 fully saturated rings. The van der Waals surface area contributed by atoms with Crippen molar-refractivity contribution in [3.05, 3.63) is 87.6 Å². The van der Waals surface area contributed by atoms with E-state index in [9.17, 15) is 23.9 Å². The summed E-state index contributed by atoms with van der Waals surface area (Å²) in [7, 11) is 1.74. The van der Waals surface area contributed by atoms with Crippen molar-refractivity contribution in [2.45, 2.75) is 31.5 Å². The molecule has 2 aromatic heterocycles. The number of carbonyl (C=O) groups excluding carboxylic acids is 2. The lowest BCUT2D eigenvalue weighted by Gasteiger charge is -2.31. The molecule has 0 radical (unpaired) electrons. The summed E-state index contributed by atoms with van der Waals surface area (Å²) in [5.74, 6) is -2.00. The molecule has 3 heterocycles. The molecule has 194 valence electrons. The summed E-state index contributed by atoms with van der Waals surface area (Å²) in [6.45, 7) is 1.01. The number of H-pyrrole nitrogens is 1. The maximum Gasteiger partial charge on any atom is 0.335 e. The summed E-state index contributed by atoms with van der Waals surface area (Å²) in [4.78, 5) is 44.5. The minimum atomic E-state index is -1.00. The van der Waals surface area contributed by atoms with Gasteiger partial charge in [0.25, 0.3) is 11.8 Å². The predicted molar refractivity (Wildman–Crippen MR) is 137 cm³/mol. The molecule has 0 saturated heterocycles. The quantitative estimate of drug-likeness (QED) is 0.396. The summed E-state index contributed by atoms with van der Waals surface area (Å²) in [5, 5.41) is 14.4. The highest BCUT2D eigenvalue weighted by Gasteiger charge is 2.50. The van der Waals surface area contributed by atoms with Gasteiger partial charge in [-0.25, -0.2) is 9.18 Å². The molecule has 1 aliphatic heterocycles. The smallest absolute Gasteiger partial charge is 0.335 e. The first kappa shape index (κ1) is 24.2. The molecule has 0 atom stereocenters. The molecule has 0 spiro atoms. The zero-order chi connectivity index (χ0) is 26.8. The number of nitrogens with zero attached hydrogens (tertiary/aromatic N) is 4. The summed E-state index contributed by atoms with van der Waals surface area (Å²) >= 11 is 6.15. The van der Waals surface area contributed by atoms with Gasteiger partial charge < -0.3 is 19.9 Å². The van der Waals surface area contributed by atoms with Crippen molar-refractivity contribution in [1.82, 2.24) is 24.6 Å². The first-order valence-electron chi connectivity index (χ1n) is 12.1. The first-order chi connectivity index (χ1) is 18.2. The summed E-state index contributed by atoms with van der Waals surface area (Å²) in [6, 6.07) is 10.7. The Morgan fingerprint density at radius 2 is 1.87 bits per heavy atom. The van der Waals surface area contributed by atoms with Crippen LogP contribution in [0.15, 0.2) is 48.7 Å². The Morgan fingerprint density at radius 3 is 2.55 bits per heavy atom. The van der Waals surface area contributed by atoms with Gasteiger partial charge in [-0.15, -0.1) is 0 Å². The van der Waals surface area contributed by atoms with E-state index in [4.69, 9.17) is 11.6 Å². The Bertz CT molecular complexity index is 1620.